The molecule has 2 aromatic rings. The molecule has 15 nitrogen and oxygen atoms in total. The van der Waals surface area contributed by atoms with E-state index >= 15 is 4.39 Å². The summed E-state index contributed by atoms with van der Waals surface area (Å²) in [5.74, 6) is -4.12. The number of fused-ring (bicyclic) bond motifs is 3. The summed E-state index contributed by atoms with van der Waals surface area (Å²) in [5.41, 5.74) is -4.67. The monoisotopic (exact) mass is 869 g/mol. The predicted octanol–water partition coefficient (Wildman–Crippen LogP) is 4.96. The number of pyridine rings is 1. The first-order valence-corrected chi connectivity index (χ1v) is 21.5. The second-order valence-electron chi connectivity index (χ2n) is 16.6. The summed E-state index contributed by atoms with van der Waals surface area (Å²) in [4.78, 5) is 61.8. The lowest BCUT2D eigenvalue weighted by Crippen LogP contribution is -2.61. The SMILES string of the molecule is CCOc1cc2ccnc(O[C@@H]3C[C@H]4C(=O)N[C@]5(C(=O)NS(=O)(=O)C6(C)CC6)C[C@H]5/C=C\CC[C@H](C)O[C@@H](CC)[C@H](NC(=O)OC(C)(C)C(F)(F)F)C(=O)N4C3)c2cc1F. The predicted molar refractivity (Wildman–Crippen MR) is 208 cm³/mol. The Bertz CT molecular complexity index is 2150. The third kappa shape index (κ3) is 9.13. The number of hydrogen-bond donors (Lipinski definition) is 3. The van der Waals surface area contributed by atoms with E-state index in [1.165, 1.54) is 25.3 Å². The van der Waals surface area contributed by atoms with Crippen LogP contribution in [0.5, 0.6) is 11.6 Å². The third-order valence-electron chi connectivity index (χ3n) is 11.7. The summed E-state index contributed by atoms with van der Waals surface area (Å²) in [6, 6.07) is 1.11. The number of carbonyl (C=O) groups excluding carboxylic acids is 4. The zero-order valence-corrected chi connectivity index (χ0v) is 35.0. The lowest BCUT2D eigenvalue weighted by atomic mass is 10.0. The van der Waals surface area contributed by atoms with Gasteiger partial charge in [0.05, 0.1) is 30.1 Å². The lowest BCUT2D eigenvalue weighted by Gasteiger charge is -2.35. The van der Waals surface area contributed by atoms with Gasteiger partial charge in [-0.05, 0) is 96.7 Å². The highest BCUT2D eigenvalue weighted by molar-refractivity contribution is 7.91. The second-order valence-corrected chi connectivity index (χ2v) is 18.8. The number of rotatable bonds is 10. The molecule has 1 aromatic carbocycles. The molecule has 3 heterocycles. The zero-order chi connectivity index (χ0) is 44.0. The molecule has 0 radical (unpaired) electrons. The van der Waals surface area contributed by atoms with Crippen LogP contribution in [0.1, 0.15) is 86.5 Å². The quantitative estimate of drug-likeness (QED) is 0.216. The fourth-order valence-electron chi connectivity index (χ4n) is 7.41. The lowest BCUT2D eigenvalue weighted by molar-refractivity contribution is -0.244. The number of hydrogen-bond acceptors (Lipinski definition) is 11. The number of allylic oxidation sites excluding steroid dienone is 1. The first-order chi connectivity index (χ1) is 28.0. The Hall–Kier alpha value is -4.72. The van der Waals surface area contributed by atoms with Crippen LogP contribution in [0, 0.1) is 11.7 Å². The Morgan fingerprint density at radius 1 is 1.15 bits per heavy atom. The van der Waals surface area contributed by atoms with Crippen molar-refractivity contribution in [3.8, 4) is 11.6 Å². The van der Waals surface area contributed by atoms with Crippen molar-refractivity contribution < 1.29 is 64.1 Å². The molecule has 4 aliphatic rings. The number of sulfonamides is 1. The molecule has 2 saturated carbocycles. The number of carbonyl (C=O) groups is 4. The Morgan fingerprint density at radius 2 is 1.87 bits per heavy atom. The number of nitrogens with one attached hydrogen (secondary N) is 3. The van der Waals surface area contributed by atoms with Crippen LogP contribution in [0.25, 0.3) is 10.8 Å². The van der Waals surface area contributed by atoms with Gasteiger partial charge in [-0.15, -0.1) is 0 Å². The van der Waals surface area contributed by atoms with Crippen molar-refractivity contribution >= 4 is 44.6 Å². The van der Waals surface area contributed by atoms with Crippen molar-refractivity contribution in [2.45, 2.75) is 139 Å². The summed E-state index contributed by atoms with van der Waals surface area (Å²) in [7, 11) is -4.12. The van der Waals surface area contributed by atoms with E-state index in [1.807, 2.05) is 0 Å². The maximum Gasteiger partial charge on any atom is 0.427 e. The molecule has 4 amide bonds. The molecule has 6 rings (SSSR count). The number of nitrogens with zero attached hydrogens (tertiary/aromatic N) is 2. The van der Waals surface area contributed by atoms with Gasteiger partial charge in [-0.2, -0.15) is 13.2 Å². The molecule has 2 aliphatic carbocycles. The van der Waals surface area contributed by atoms with Crippen molar-refractivity contribution in [3.05, 3.63) is 42.4 Å². The van der Waals surface area contributed by atoms with Gasteiger partial charge >= 0.3 is 12.3 Å². The van der Waals surface area contributed by atoms with E-state index in [-0.39, 0.29) is 49.4 Å². The van der Waals surface area contributed by atoms with Crippen molar-refractivity contribution in [3.63, 3.8) is 0 Å². The van der Waals surface area contributed by atoms with Gasteiger partial charge in [0.15, 0.2) is 11.6 Å². The Balaban J connectivity index is 1.37. The Kier molecular flexibility index (Phi) is 12.4. The van der Waals surface area contributed by atoms with Gasteiger partial charge < -0.3 is 34.5 Å². The van der Waals surface area contributed by atoms with E-state index in [0.717, 1.165) is 4.90 Å². The van der Waals surface area contributed by atoms with Crippen LogP contribution < -0.4 is 24.8 Å². The number of amides is 4. The number of halogens is 4. The summed E-state index contributed by atoms with van der Waals surface area (Å²) >= 11 is 0. The molecule has 1 aromatic heterocycles. The topological polar surface area (TPSA) is 192 Å². The van der Waals surface area contributed by atoms with Gasteiger partial charge in [0.25, 0.3) is 5.91 Å². The van der Waals surface area contributed by atoms with E-state index in [4.69, 9.17) is 18.9 Å². The second kappa shape index (κ2) is 16.6. The molecule has 3 fully saturated rings. The highest BCUT2D eigenvalue weighted by Crippen LogP contribution is 2.47. The van der Waals surface area contributed by atoms with Crippen molar-refractivity contribution in [2.24, 2.45) is 5.92 Å². The van der Waals surface area contributed by atoms with Crippen molar-refractivity contribution in [2.75, 3.05) is 13.2 Å². The van der Waals surface area contributed by atoms with Crippen LogP contribution in [-0.4, -0.2) is 108 Å². The van der Waals surface area contributed by atoms with Crippen LogP contribution in [-0.2, 0) is 33.9 Å². The minimum atomic E-state index is -4.97. The first-order valence-electron chi connectivity index (χ1n) is 20.0. The maximum atomic E-state index is 15.1. The molecule has 0 spiro atoms. The molecule has 2 aliphatic heterocycles. The van der Waals surface area contributed by atoms with Crippen LogP contribution in [0.4, 0.5) is 22.4 Å². The molecule has 330 valence electrons. The molecule has 1 saturated heterocycles. The molecule has 60 heavy (non-hydrogen) atoms. The van der Waals surface area contributed by atoms with Crippen LogP contribution in [0.2, 0.25) is 0 Å². The highest BCUT2D eigenvalue weighted by Gasteiger charge is 2.63. The van der Waals surface area contributed by atoms with E-state index < -0.39 is 98.0 Å². The molecular formula is C40H51F4N5O10S. The summed E-state index contributed by atoms with van der Waals surface area (Å²) in [5, 5.41) is 5.76. The number of alkyl carbamates (subject to hydrolysis) is 1. The molecule has 20 heteroatoms. The number of alkyl halides is 3. The molecule has 3 N–H and O–H groups in total. The third-order valence-corrected chi connectivity index (χ3v) is 13.8. The smallest absolute Gasteiger partial charge is 0.427 e. The van der Waals surface area contributed by atoms with E-state index in [9.17, 15) is 40.8 Å². The fourth-order valence-corrected chi connectivity index (χ4v) is 8.72. The Labute approximate surface area is 345 Å². The fraction of sp³-hybridized carbons (Fsp3) is 0.625. The summed E-state index contributed by atoms with van der Waals surface area (Å²) in [6.45, 7) is 7.72. The van der Waals surface area contributed by atoms with Crippen LogP contribution in [0.3, 0.4) is 0 Å². The summed E-state index contributed by atoms with van der Waals surface area (Å²) < 4.78 is 106. The molecule has 0 bridgehead atoms. The minimum absolute atomic E-state index is 0.000816. The standard InChI is InChI=1S/C40H51F4N5O10S/c1-7-29-31(46-36(53)59-37(4,5)40(42,43)44)34(51)49-21-25(58-33-26-19-27(41)30(56-8-2)17-23(26)13-16-45-33)18-28(49)32(50)47-39(20-24(39)12-10-9-11-22(3)57-29)35(52)48-60(54,55)38(6)14-15-38/h10,12-13,16-17,19,22,24-25,28-29,31H,7-9,11,14-15,18,20-21H2,1-6H3,(H,46,53)(H,47,50)(H,48,52)/b12-10-/t22-,24+,25+,28-,29-,31-,39+/m0/s1. The van der Waals surface area contributed by atoms with Gasteiger partial charge in [0.1, 0.15) is 23.7 Å². The van der Waals surface area contributed by atoms with E-state index in [0.29, 0.717) is 44.9 Å². The molecule has 7 atom stereocenters. The van der Waals surface area contributed by atoms with Gasteiger partial charge in [0, 0.05) is 23.9 Å². The normalized spacial score (nSPS) is 28.9. The van der Waals surface area contributed by atoms with Gasteiger partial charge in [-0.25, -0.2) is 22.6 Å². The van der Waals surface area contributed by atoms with E-state index in [1.54, 1.807) is 39.0 Å². The maximum absolute atomic E-state index is 15.1. The van der Waals surface area contributed by atoms with Gasteiger partial charge in [-0.1, -0.05) is 19.1 Å². The largest absolute Gasteiger partial charge is 0.491 e. The average Bonchev–Trinajstić information content (AvgIpc) is 4.04. The van der Waals surface area contributed by atoms with Crippen molar-refractivity contribution in [1.29, 1.82) is 0 Å². The van der Waals surface area contributed by atoms with Gasteiger partial charge in [-0.3, -0.25) is 19.1 Å². The Morgan fingerprint density at radius 3 is 2.52 bits per heavy atom. The van der Waals surface area contributed by atoms with Gasteiger partial charge in [0.2, 0.25) is 33.3 Å². The molecular weight excluding hydrogens is 819 g/mol. The number of aromatic nitrogens is 1. The number of benzene rings is 1. The number of ether oxygens (including phenoxy) is 4. The van der Waals surface area contributed by atoms with Crippen LogP contribution >= 0.6 is 0 Å². The molecule has 0 unspecified atom stereocenters. The first kappa shape index (κ1) is 44.8. The highest BCUT2D eigenvalue weighted by atomic mass is 32.2. The van der Waals surface area contributed by atoms with Crippen molar-refractivity contribution in [1.82, 2.24) is 25.2 Å². The average molecular weight is 870 g/mol. The van der Waals surface area contributed by atoms with E-state index in [2.05, 4.69) is 20.3 Å². The summed E-state index contributed by atoms with van der Waals surface area (Å²) in [6.07, 6.45) is -3.02. The zero-order valence-electron chi connectivity index (χ0n) is 34.2. The minimum Gasteiger partial charge on any atom is -0.491 e. The van der Waals surface area contributed by atoms with Crippen LogP contribution in [0.15, 0.2) is 36.5 Å².